The van der Waals surface area contributed by atoms with Gasteiger partial charge in [-0.25, -0.2) is 8.42 Å². The van der Waals surface area contributed by atoms with E-state index in [-0.39, 0.29) is 11.4 Å². The number of anilines is 1. The molecule has 0 N–H and O–H groups in total. The van der Waals surface area contributed by atoms with Crippen LogP contribution in [0.25, 0.3) is 0 Å². The van der Waals surface area contributed by atoms with E-state index in [9.17, 15) is 8.42 Å². The highest BCUT2D eigenvalue weighted by Crippen LogP contribution is 2.31. The minimum Gasteiger partial charge on any atom is -0.496 e. The first-order valence-corrected chi connectivity index (χ1v) is 9.24. The molecular formula is C16H15BrClNO3S. The Kier molecular flexibility index (Phi) is 5.73. The number of rotatable bonds is 6. The second kappa shape index (κ2) is 7.38. The number of sulfonamides is 1. The van der Waals surface area contributed by atoms with Gasteiger partial charge in [0, 0.05) is 5.02 Å². The predicted molar refractivity (Wildman–Crippen MR) is 96.9 cm³/mol. The highest BCUT2D eigenvalue weighted by Gasteiger charge is 2.24. The van der Waals surface area contributed by atoms with Crippen molar-refractivity contribution in [3.8, 4) is 5.75 Å². The normalized spacial score (nSPS) is 11.1. The topological polar surface area (TPSA) is 46.6 Å². The molecule has 2 aromatic carbocycles. The Morgan fingerprint density at radius 3 is 2.43 bits per heavy atom. The van der Waals surface area contributed by atoms with E-state index >= 15 is 0 Å². The molecule has 4 nitrogen and oxygen atoms in total. The molecule has 0 saturated heterocycles. The molecule has 7 heteroatoms. The van der Waals surface area contributed by atoms with Gasteiger partial charge in [-0.2, -0.15) is 0 Å². The van der Waals surface area contributed by atoms with Gasteiger partial charge < -0.3 is 4.74 Å². The molecule has 0 aliphatic carbocycles. The Balaban J connectivity index is 2.50. The van der Waals surface area contributed by atoms with Crippen LogP contribution in [0.4, 0.5) is 5.69 Å². The van der Waals surface area contributed by atoms with Crippen molar-refractivity contribution in [2.24, 2.45) is 0 Å². The zero-order valence-electron chi connectivity index (χ0n) is 12.4. The number of ether oxygens (including phenoxy) is 1. The summed E-state index contributed by atoms with van der Waals surface area (Å²) in [5, 5.41) is 0.539. The molecule has 2 aromatic rings. The van der Waals surface area contributed by atoms with Gasteiger partial charge in [0.25, 0.3) is 10.0 Å². The lowest BCUT2D eigenvalue weighted by atomic mass is 10.3. The van der Waals surface area contributed by atoms with Crippen molar-refractivity contribution in [1.29, 1.82) is 0 Å². The van der Waals surface area contributed by atoms with E-state index in [0.29, 0.717) is 20.9 Å². The number of halogens is 2. The molecule has 0 heterocycles. The van der Waals surface area contributed by atoms with Crippen LogP contribution in [-0.2, 0) is 10.0 Å². The molecule has 0 aromatic heterocycles. The fourth-order valence-electron chi connectivity index (χ4n) is 2.00. The van der Waals surface area contributed by atoms with Crippen molar-refractivity contribution in [1.82, 2.24) is 0 Å². The van der Waals surface area contributed by atoms with E-state index in [4.69, 9.17) is 16.3 Å². The number of benzene rings is 2. The first-order chi connectivity index (χ1) is 10.9. The summed E-state index contributed by atoms with van der Waals surface area (Å²) in [7, 11) is -2.22. The predicted octanol–water partition coefficient (Wildman–Crippen LogP) is 4.49. The Morgan fingerprint density at radius 2 is 1.91 bits per heavy atom. The first-order valence-electron chi connectivity index (χ1n) is 6.63. The van der Waals surface area contributed by atoms with Crippen LogP contribution in [0.15, 0.2) is 64.5 Å². The monoisotopic (exact) mass is 415 g/mol. The molecular weight excluding hydrogens is 402 g/mol. The fraction of sp³-hybridized carbons (Fsp3) is 0.125. The van der Waals surface area contributed by atoms with E-state index < -0.39 is 10.0 Å². The van der Waals surface area contributed by atoms with Gasteiger partial charge in [0.1, 0.15) is 5.75 Å². The zero-order chi connectivity index (χ0) is 17.0. The van der Waals surface area contributed by atoms with Crippen LogP contribution < -0.4 is 9.04 Å². The minimum absolute atomic E-state index is 0.146. The lowest BCUT2D eigenvalue weighted by Gasteiger charge is -2.23. The fourth-order valence-corrected chi connectivity index (χ4v) is 4.28. The first kappa shape index (κ1) is 17.8. The molecule has 23 heavy (non-hydrogen) atoms. The van der Waals surface area contributed by atoms with Gasteiger partial charge in [0.05, 0.1) is 28.7 Å². The average molecular weight is 417 g/mol. The van der Waals surface area contributed by atoms with E-state index in [2.05, 4.69) is 22.5 Å². The van der Waals surface area contributed by atoms with Crippen molar-refractivity contribution < 1.29 is 13.2 Å². The van der Waals surface area contributed by atoms with Crippen LogP contribution >= 0.6 is 27.5 Å². The standard InChI is InChI=1S/C16H15BrClNO3S/c1-3-10-19(13-6-4-12(18)5-7-13)23(20,21)14-8-9-16(22-2)15(17)11-14/h3-9,11H,1,10H2,2H3. The SMILES string of the molecule is C=CCN(c1ccc(Cl)cc1)S(=O)(=O)c1ccc(OC)c(Br)c1. The van der Waals surface area contributed by atoms with E-state index in [0.717, 1.165) is 0 Å². The lowest BCUT2D eigenvalue weighted by Crippen LogP contribution is -2.31. The van der Waals surface area contributed by atoms with Crippen LogP contribution in [0, 0.1) is 0 Å². The van der Waals surface area contributed by atoms with Gasteiger partial charge in [-0.05, 0) is 58.4 Å². The molecule has 0 saturated carbocycles. The summed E-state index contributed by atoms with van der Waals surface area (Å²) in [6.45, 7) is 3.78. The molecule has 0 amide bonds. The molecule has 0 fully saturated rings. The smallest absolute Gasteiger partial charge is 0.264 e. The molecule has 2 rings (SSSR count). The number of hydrogen-bond acceptors (Lipinski definition) is 3. The van der Waals surface area contributed by atoms with Crippen molar-refractivity contribution in [2.45, 2.75) is 4.90 Å². The van der Waals surface area contributed by atoms with Gasteiger partial charge in [0.15, 0.2) is 0 Å². The summed E-state index contributed by atoms with van der Waals surface area (Å²) >= 11 is 9.18. The molecule has 0 unspecified atom stereocenters. The Labute approximate surface area is 149 Å². The van der Waals surface area contributed by atoms with Gasteiger partial charge in [-0.3, -0.25) is 4.31 Å². The van der Waals surface area contributed by atoms with E-state index in [1.807, 2.05) is 0 Å². The van der Waals surface area contributed by atoms with Gasteiger partial charge >= 0.3 is 0 Å². The molecule has 0 aliphatic rings. The third-order valence-electron chi connectivity index (χ3n) is 3.12. The second-order valence-electron chi connectivity index (χ2n) is 4.60. The highest BCUT2D eigenvalue weighted by molar-refractivity contribution is 9.10. The maximum Gasteiger partial charge on any atom is 0.264 e. The van der Waals surface area contributed by atoms with Crippen LogP contribution in [0.1, 0.15) is 0 Å². The third-order valence-corrected chi connectivity index (χ3v) is 5.78. The second-order valence-corrected chi connectivity index (χ2v) is 7.75. The average Bonchev–Trinajstić information content (AvgIpc) is 2.53. The van der Waals surface area contributed by atoms with E-state index in [1.165, 1.54) is 29.6 Å². The van der Waals surface area contributed by atoms with Crippen molar-refractivity contribution in [2.75, 3.05) is 18.0 Å². The third kappa shape index (κ3) is 3.88. The number of nitrogens with zero attached hydrogens (tertiary/aromatic N) is 1. The summed E-state index contributed by atoms with van der Waals surface area (Å²) in [5.41, 5.74) is 0.515. The van der Waals surface area contributed by atoms with Gasteiger partial charge in [0.2, 0.25) is 0 Å². The summed E-state index contributed by atoms with van der Waals surface area (Å²) < 4.78 is 32.9. The lowest BCUT2D eigenvalue weighted by molar-refractivity contribution is 0.411. The largest absolute Gasteiger partial charge is 0.496 e. The summed E-state index contributed by atoms with van der Waals surface area (Å²) in [6.07, 6.45) is 1.53. The molecule has 0 atom stereocenters. The summed E-state index contributed by atoms with van der Waals surface area (Å²) in [5.74, 6) is 0.561. The molecule has 0 aliphatic heterocycles. The quantitative estimate of drug-likeness (QED) is 0.652. The molecule has 0 radical (unpaired) electrons. The Morgan fingerprint density at radius 1 is 1.26 bits per heavy atom. The maximum atomic E-state index is 12.9. The molecule has 0 spiro atoms. The van der Waals surface area contributed by atoms with Crippen LogP contribution in [-0.4, -0.2) is 22.1 Å². The zero-order valence-corrected chi connectivity index (χ0v) is 15.5. The van der Waals surface area contributed by atoms with Crippen LogP contribution in [0.5, 0.6) is 5.75 Å². The Hall–Kier alpha value is -1.50. The number of methoxy groups -OCH3 is 1. The maximum absolute atomic E-state index is 12.9. The van der Waals surface area contributed by atoms with Crippen LogP contribution in [0.2, 0.25) is 5.02 Å². The van der Waals surface area contributed by atoms with E-state index in [1.54, 1.807) is 30.3 Å². The molecule has 0 bridgehead atoms. The summed E-state index contributed by atoms with van der Waals surface area (Å²) in [4.78, 5) is 0.155. The van der Waals surface area contributed by atoms with Gasteiger partial charge in [-0.1, -0.05) is 17.7 Å². The number of hydrogen-bond donors (Lipinski definition) is 0. The van der Waals surface area contributed by atoms with Crippen LogP contribution in [0.3, 0.4) is 0 Å². The molecule has 122 valence electrons. The minimum atomic E-state index is -3.74. The van der Waals surface area contributed by atoms with Crippen molar-refractivity contribution >= 4 is 43.2 Å². The van der Waals surface area contributed by atoms with Gasteiger partial charge in [-0.15, -0.1) is 6.58 Å². The Bertz CT molecular complexity index is 807. The van der Waals surface area contributed by atoms with Crippen molar-refractivity contribution in [3.05, 3.63) is 64.6 Å². The summed E-state index contributed by atoms with van der Waals surface area (Å²) in [6, 6.07) is 11.2. The van der Waals surface area contributed by atoms with Crippen molar-refractivity contribution in [3.63, 3.8) is 0 Å². The highest BCUT2D eigenvalue weighted by atomic mass is 79.9.